The van der Waals surface area contributed by atoms with E-state index in [9.17, 15) is 0 Å². The molecule has 3 aliphatic rings. The molecule has 0 nitrogen and oxygen atoms in total. The molecule has 8 aromatic rings. The van der Waals surface area contributed by atoms with E-state index in [0.717, 1.165) is 0 Å². The Labute approximate surface area is 350 Å². The van der Waals surface area contributed by atoms with Crippen molar-refractivity contribution in [3.8, 4) is 77.9 Å². The Hall–Kier alpha value is -6.24. The van der Waals surface area contributed by atoms with Gasteiger partial charge in [-0.05, 0) is 173 Å². The first kappa shape index (κ1) is 35.9. The lowest BCUT2D eigenvalue weighted by atomic mass is 9.78. The molecule has 11 rings (SSSR count). The van der Waals surface area contributed by atoms with Gasteiger partial charge >= 0.3 is 0 Å². The monoisotopic (exact) mass is 758 g/mol. The molecule has 0 amide bonds. The lowest BCUT2D eigenvalue weighted by Gasteiger charge is -2.25. The standard InChI is InChI=1S/C59H50/c1-35-27-49-50-28-36(2)48(42-22-26-46-44-24-20-40(38-17-13-10-14-18-38)30-52(44)58(5,6)54(46)32-42)34-56(50)59(7,8)55(49)33-47(35)41-21-25-45-43-23-19-39(37-15-11-9-12-16-37)29-51(43)57(3,4)53(45)31-41/h9-34H,1-8H3. The third-order valence-corrected chi connectivity index (χ3v) is 14.6. The molecule has 0 aromatic heterocycles. The summed E-state index contributed by atoms with van der Waals surface area (Å²) in [6.45, 7) is 19.0. The highest BCUT2D eigenvalue weighted by molar-refractivity contribution is 5.91. The minimum atomic E-state index is -0.143. The highest BCUT2D eigenvalue weighted by Gasteiger charge is 2.40. The maximum atomic E-state index is 2.52. The van der Waals surface area contributed by atoms with E-state index < -0.39 is 0 Å². The van der Waals surface area contributed by atoms with Gasteiger partial charge in [0.25, 0.3) is 0 Å². The van der Waals surface area contributed by atoms with E-state index >= 15 is 0 Å². The fourth-order valence-electron chi connectivity index (χ4n) is 11.1. The number of aryl methyl sites for hydroxylation is 2. The highest BCUT2D eigenvalue weighted by atomic mass is 14.4. The molecular weight excluding hydrogens is 709 g/mol. The molecule has 0 atom stereocenters. The highest BCUT2D eigenvalue weighted by Crippen LogP contribution is 2.55. The van der Waals surface area contributed by atoms with E-state index in [0.29, 0.717) is 0 Å². The maximum Gasteiger partial charge on any atom is 0.0159 e. The molecule has 0 aliphatic heterocycles. The zero-order chi connectivity index (χ0) is 40.6. The second-order valence-corrected chi connectivity index (χ2v) is 19.1. The van der Waals surface area contributed by atoms with E-state index in [4.69, 9.17) is 0 Å². The summed E-state index contributed by atoms with van der Waals surface area (Å²) >= 11 is 0. The van der Waals surface area contributed by atoms with Crippen molar-refractivity contribution in [1.29, 1.82) is 0 Å². The van der Waals surface area contributed by atoms with Crippen LogP contribution in [0.15, 0.2) is 158 Å². The van der Waals surface area contributed by atoms with Gasteiger partial charge in [0.05, 0.1) is 0 Å². The molecule has 0 saturated carbocycles. The summed E-state index contributed by atoms with van der Waals surface area (Å²) in [4.78, 5) is 0. The van der Waals surface area contributed by atoms with Gasteiger partial charge in [-0.25, -0.2) is 0 Å². The van der Waals surface area contributed by atoms with Crippen LogP contribution < -0.4 is 0 Å². The van der Waals surface area contributed by atoms with Crippen LogP contribution in [0.4, 0.5) is 0 Å². The van der Waals surface area contributed by atoms with Gasteiger partial charge in [0.15, 0.2) is 0 Å². The third kappa shape index (κ3) is 5.15. The van der Waals surface area contributed by atoms with Gasteiger partial charge in [0.1, 0.15) is 0 Å². The quantitative estimate of drug-likeness (QED) is 0.168. The van der Waals surface area contributed by atoms with Gasteiger partial charge in [-0.3, -0.25) is 0 Å². The molecule has 0 radical (unpaired) electrons. The van der Waals surface area contributed by atoms with Crippen LogP contribution in [-0.2, 0) is 16.2 Å². The summed E-state index contributed by atoms with van der Waals surface area (Å²) in [7, 11) is 0. The lowest BCUT2D eigenvalue weighted by Crippen LogP contribution is -2.16. The average Bonchev–Trinajstić information content (AvgIpc) is 3.71. The Balaban J connectivity index is 0.947. The number of hydrogen-bond donors (Lipinski definition) is 0. The van der Waals surface area contributed by atoms with Gasteiger partial charge in [-0.15, -0.1) is 0 Å². The summed E-state index contributed by atoms with van der Waals surface area (Å²) in [5.74, 6) is 0. The van der Waals surface area contributed by atoms with E-state index in [-0.39, 0.29) is 16.2 Å². The molecule has 3 aliphatic carbocycles. The zero-order valence-corrected chi connectivity index (χ0v) is 35.5. The first-order valence-corrected chi connectivity index (χ1v) is 21.3. The van der Waals surface area contributed by atoms with Crippen LogP contribution in [0.3, 0.4) is 0 Å². The van der Waals surface area contributed by atoms with Crippen molar-refractivity contribution in [3.63, 3.8) is 0 Å². The molecule has 59 heavy (non-hydrogen) atoms. The van der Waals surface area contributed by atoms with Gasteiger partial charge in [-0.1, -0.05) is 163 Å². The Bertz CT molecular complexity index is 2850. The summed E-state index contributed by atoms with van der Waals surface area (Å²) in [6, 6.07) is 60.0. The summed E-state index contributed by atoms with van der Waals surface area (Å²) in [5, 5.41) is 0. The average molecular weight is 759 g/mol. The maximum absolute atomic E-state index is 2.52. The van der Waals surface area contributed by atoms with Gasteiger partial charge in [-0.2, -0.15) is 0 Å². The van der Waals surface area contributed by atoms with Crippen LogP contribution >= 0.6 is 0 Å². The SMILES string of the molecule is Cc1cc2c(cc1-c1ccc3c(c1)C(C)(C)c1cc(-c4ccccc4)ccc1-3)C(C)(C)c1cc(-c3ccc4c(c3)C(C)(C)c3cc(-c5ccccc5)ccc3-4)c(C)cc1-2. The summed E-state index contributed by atoms with van der Waals surface area (Å²) in [6.07, 6.45) is 0. The molecular formula is C59H50. The minimum Gasteiger partial charge on any atom is -0.0622 e. The minimum absolute atomic E-state index is 0.0970. The van der Waals surface area contributed by atoms with Crippen LogP contribution in [0, 0.1) is 13.8 Å². The third-order valence-electron chi connectivity index (χ3n) is 14.6. The van der Waals surface area contributed by atoms with Crippen molar-refractivity contribution in [2.45, 2.75) is 71.6 Å². The van der Waals surface area contributed by atoms with Crippen molar-refractivity contribution in [2.24, 2.45) is 0 Å². The number of rotatable bonds is 4. The summed E-state index contributed by atoms with van der Waals surface area (Å²) in [5.41, 5.74) is 29.3. The first-order valence-electron chi connectivity index (χ1n) is 21.3. The van der Waals surface area contributed by atoms with Crippen LogP contribution in [0.5, 0.6) is 0 Å². The van der Waals surface area contributed by atoms with Gasteiger partial charge < -0.3 is 0 Å². The molecule has 0 unspecified atom stereocenters. The molecule has 0 heteroatoms. The Morgan fingerprint density at radius 2 is 0.525 bits per heavy atom. The van der Waals surface area contributed by atoms with Crippen LogP contribution in [-0.4, -0.2) is 0 Å². The van der Waals surface area contributed by atoms with Crippen molar-refractivity contribution in [3.05, 3.63) is 202 Å². The van der Waals surface area contributed by atoms with Crippen LogP contribution in [0.25, 0.3) is 77.9 Å². The second kappa shape index (κ2) is 12.4. The van der Waals surface area contributed by atoms with E-state index in [1.54, 1.807) is 0 Å². The largest absolute Gasteiger partial charge is 0.0622 e. The number of hydrogen-bond acceptors (Lipinski definition) is 0. The van der Waals surface area contributed by atoms with E-state index in [2.05, 4.69) is 213 Å². The van der Waals surface area contributed by atoms with Crippen LogP contribution in [0.1, 0.15) is 86.1 Å². The van der Waals surface area contributed by atoms with Gasteiger partial charge in [0.2, 0.25) is 0 Å². The van der Waals surface area contributed by atoms with Crippen LogP contribution in [0.2, 0.25) is 0 Å². The van der Waals surface area contributed by atoms with E-state index in [1.165, 1.54) is 122 Å². The zero-order valence-electron chi connectivity index (χ0n) is 35.5. The fraction of sp³-hybridized carbons (Fsp3) is 0.186. The molecule has 0 N–H and O–H groups in total. The predicted octanol–water partition coefficient (Wildman–Crippen LogP) is 15.9. The molecule has 0 fully saturated rings. The Morgan fingerprint density at radius 3 is 0.864 bits per heavy atom. The Kier molecular flexibility index (Phi) is 7.53. The normalized spacial score (nSPS) is 15.5. The second-order valence-electron chi connectivity index (χ2n) is 19.1. The van der Waals surface area contributed by atoms with Gasteiger partial charge in [0, 0.05) is 16.2 Å². The molecule has 286 valence electrons. The number of fused-ring (bicyclic) bond motifs is 9. The number of benzene rings is 8. The first-order chi connectivity index (χ1) is 28.3. The molecule has 0 bridgehead atoms. The van der Waals surface area contributed by atoms with Crippen molar-refractivity contribution in [2.75, 3.05) is 0 Å². The molecule has 0 saturated heterocycles. The van der Waals surface area contributed by atoms with Crippen molar-refractivity contribution >= 4 is 0 Å². The predicted molar refractivity (Wildman–Crippen MR) is 250 cm³/mol. The van der Waals surface area contributed by atoms with Crippen molar-refractivity contribution < 1.29 is 0 Å². The van der Waals surface area contributed by atoms with Crippen molar-refractivity contribution in [1.82, 2.24) is 0 Å². The smallest absolute Gasteiger partial charge is 0.0159 e. The lowest BCUT2D eigenvalue weighted by molar-refractivity contribution is 0.659. The summed E-state index contributed by atoms with van der Waals surface area (Å²) < 4.78 is 0. The fourth-order valence-corrected chi connectivity index (χ4v) is 11.1. The molecule has 8 aromatic carbocycles. The Morgan fingerprint density at radius 1 is 0.237 bits per heavy atom. The molecule has 0 heterocycles. The topological polar surface area (TPSA) is 0 Å². The molecule has 0 spiro atoms. The van der Waals surface area contributed by atoms with E-state index in [1.807, 2.05) is 0 Å².